The maximum Gasteiger partial charge on any atom is 0.219 e. The van der Waals surface area contributed by atoms with Gasteiger partial charge in [0.25, 0.3) is 0 Å². The van der Waals surface area contributed by atoms with E-state index in [1.54, 1.807) is 6.08 Å². The third kappa shape index (κ3) is 4.34. The van der Waals surface area contributed by atoms with Gasteiger partial charge in [-0.1, -0.05) is 78.1 Å². The van der Waals surface area contributed by atoms with E-state index in [1.807, 2.05) is 24.3 Å². The van der Waals surface area contributed by atoms with Gasteiger partial charge in [-0.3, -0.25) is 0 Å². The minimum Gasteiger partial charge on any atom is -0.385 e. The van der Waals surface area contributed by atoms with Crippen molar-refractivity contribution in [2.45, 2.75) is 23.2 Å². The van der Waals surface area contributed by atoms with E-state index in [4.69, 9.17) is 34.8 Å². The van der Waals surface area contributed by atoms with Gasteiger partial charge in [-0.05, 0) is 17.5 Å². The lowest BCUT2D eigenvalue weighted by Gasteiger charge is -2.14. The van der Waals surface area contributed by atoms with E-state index < -0.39 is 9.90 Å². The summed E-state index contributed by atoms with van der Waals surface area (Å²) in [5.41, 5.74) is 2.23. The Morgan fingerprint density at radius 2 is 1.81 bits per heavy atom. The molecule has 0 aliphatic heterocycles. The average Bonchev–Trinajstić information content (AvgIpc) is 2.25. The lowest BCUT2D eigenvalue weighted by molar-refractivity contribution is 0.228. The molecule has 1 atom stereocenters. The zero-order chi connectivity index (χ0) is 12.2. The number of benzene rings is 1. The molecular formula is C12H13Cl3O. The summed E-state index contributed by atoms with van der Waals surface area (Å²) < 4.78 is -1.68. The van der Waals surface area contributed by atoms with Crippen molar-refractivity contribution in [2.24, 2.45) is 0 Å². The van der Waals surface area contributed by atoms with Gasteiger partial charge in [0, 0.05) is 0 Å². The molecule has 0 saturated heterocycles. The Balaban J connectivity index is 2.69. The molecule has 0 aliphatic rings. The summed E-state index contributed by atoms with van der Waals surface area (Å²) in [5.74, 6) is 0. The van der Waals surface area contributed by atoms with E-state index in [9.17, 15) is 5.11 Å². The SMILES string of the molecule is CCc1ccc(/C=C/C(O)C(Cl)(Cl)Cl)cc1. The standard InChI is InChI=1S/C12H13Cl3O/c1-2-9-3-5-10(6-4-9)7-8-11(16)12(13,14)15/h3-8,11,16H,2H2,1H3/b8-7+. The lowest BCUT2D eigenvalue weighted by Crippen LogP contribution is -2.22. The van der Waals surface area contributed by atoms with Crippen molar-refractivity contribution in [2.75, 3.05) is 0 Å². The zero-order valence-electron chi connectivity index (χ0n) is 8.83. The molecule has 0 fully saturated rings. The average molecular weight is 280 g/mol. The van der Waals surface area contributed by atoms with Crippen LogP contribution in [0.4, 0.5) is 0 Å². The van der Waals surface area contributed by atoms with Gasteiger partial charge in [-0.2, -0.15) is 0 Å². The minimum absolute atomic E-state index is 0.963. The number of rotatable bonds is 3. The number of aliphatic hydroxyl groups is 1. The van der Waals surface area contributed by atoms with E-state index in [2.05, 4.69) is 6.92 Å². The summed E-state index contributed by atoms with van der Waals surface area (Å²) in [6.07, 6.45) is 3.09. The molecule has 1 N–H and O–H groups in total. The Bertz CT molecular complexity index is 352. The van der Waals surface area contributed by atoms with Gasteiger partial charge >= 0.3 is 0 Å². The smallest absolute Gasteiger partial charge is 0.219 e. The molecule has 0 spiro atoms. The minimum atomic E-state index is -1.68. The normalized spacial score (nSPS) is 14.3. The van der Waals surface area contributed by atoms with Crippen LogP contribution in [0.5, 0.6) is 0 Å². The van der Waals surface area contributed by atoms with Crippen molar-refractivity contribution in [3.05, 3.63) is 41.5 Å². The fourth-order valence-corrected chi connectivity index (χ4v) is 1.39. The summed E-state index contributed by atoms with van der Waals surface area (Å²) in [6.45, 7) is 2.09. The molecular weight excluding hydrogens is 266 g/mol. The zero-order valence-corrected chi connectivity index (χ0v) is 11.1. The summed E-state index contributed by atoms with van der Waals surface area (Å²) in [6, 6.07) is 7.98. The first-order chi connectivity index (χ1) is 7.43. The molecule has 1 aromatic rings. The monoisotopic (exact) mass is 278 g/mol. The number of aryl methyl sites for hydroxylation is 1. The predicted octanol–water partition coefficient (Wildman–Crippen LogP) is 3.99. The van der Waals surface area contributed by atoms with Crippen LogP contribution in [0, 0.1) is 0 Å². The molecule has 0 saturated carbocycles. The molecule has 0 aromatic heterocycles. The second kappa shape index (κ2) is 5.92. The molecule has 1 rings (SSSR count). The van der Waals surface area contributed by atoms with Crippen LogP contribution in [0.1, 0.15) is 18.1 Å². The van der Waals surface area contributed by atoms with Crippen LogP contribution in [0.3, 0.4) is 0 Å². The van der Waals surface area contributed by atoms with Crippen LogP contribution in [0.2, 0.25) is 0 Å². The Hall–Kier alpha value is -0.210. The van der Waals surface area contributed by atoms with Gasteiger partial charge in [-0.25, -0.2) is 0 Å². The van der Waals surface area contributed by atoms with E-state index in [1.165, 1.54) is 11.6 Å². The molecule has 0 aliphatic carbocycles. The first-order valence-electron chi connectivity index (χ1n) is 4.95. The first kappa shape index (κ1) is 13.9. The van der Waals surface area contributed by atoms with Gasteiger partial charge in [0.1, 0.15) is 6.10 Å². The highest BCUT2D eigenvalue weighted by Crippen LogP contribution is 2.31. The van der Waals surface area contributed by atoms with Gasteiger partial charge in [0.2, 0.25) is 3.79 Å². The van der Waals surface area contributed by atoms with Crippen LogP contribution in [0.15, 0.2) is 30.3 Å². The van der Waals surface area contributed by atoms with Crippen LogP contribution in [-0.4, -0.2) is 15.0 Å². The summed E-state index contributed by atoms with van der Waals surface area (Å²) in [7, 11) is 0. The van der Waals surface area contributed by atoms with Crippen LogP contribution in [0.25, 0.3) is 6.08 Å². The van der Waals surface area contributed by atoms with Crippen LogP contribution in [-0.2, 0) is 6.42 Å². The summed E-state index contributed by atoms with van der Waals surface area (Å²) in [5, 5.41) is 9.47. The highest BCUT2D eigenvalue weighted by Gasteiger charge is 2.28. The number of halogens is 3. The lowest BCUT2D eigenvalue weighted by atomic mass is 10.1. The number of hydrogen-bond acceptors (Lipinski definition) is 1. The third-order valence-corrected chi connectivity index (χ3v) is 2.87. The van der Waals surface area contributed by atoms with Crippen LogP contribution >= 0.6 is 34.8 Å². The fraction of sp³-hybridized carbons (Fsp3) is 0.333. The molecule has 0 radical (unpaired) electrons. The summed E-state index contributed by atoms with van der Waals surface area (Å²) >= 11 is 16.6. The van der Waals surface area contributed by atoms with Crippen molar-refractivity contribution < 1.29 is 5.11 Å². The second-order valence-corrected chi connectivity index (χ2v) is 5.81. The van der Waals surface area contributed by atoms with Crippen molar-refractivity contribution in [3.63, 3.8) is 0 Å². The van der Waals surface area contributed by atoms with E-state index >= 15 is 0 Å². The van der Waals surface area contributed by atoms with Gasteiger partial charge in [0.05, 0.1) is 0 Å². The van der Waals surface area contributed by atoms with Crippen molar-refractivity contribution >= 4 is 40.9 Å². The topological polar surface area (TPSA) is 20.2 Å². The third-order valence-electron chi connectivity index (χ3n) is 2.19. The quantitative estimate of drug-likeness (QED) is 0.829. The molecule has 88 valence electrons. The van der Waals surface area contributed by atoms with Gasteiger partial charge in [-0.15, -0.1) is 0 Å². The molecule has 0 amide bonds. The molecule has 16 heavy (non-hydrogen) atoms. The largest absolute Gasteiger partial charge is 0.385 e. The predicted molar refractivity (Wildman–Crippen MR) is 71.2 cm³/mol. The van der Waals surface area contributed by atoms with E-state index in [-0.39, 0.29) is 0 Å². The van der Waals surface area contributed by atoms with Crippen molar-refractivity contribution in [1.82, 2.24) is 0 Å². The molecule has 0 heterocycles. The second-order valence-electron chi connectivity index (χ2n) is 3.44. The molecule has 1 nitrogen and oxygen atoms in total. The first-order valence-corrected chi connectivity index (χ1v) is 6.09. The van der Waals surface area contributed by atoms with Gasteiger partial charge in [0.15, 0.2) is 0 Å². The van der Waals surface area contributed by atoms with Crippen molar-refractivity contribution in [1.29, 1.82) is 0 Å². The summed E-state index contributed by atoms with van der Waals surface area (Å²) in [4.78, 5) is 0. The Labute approximate surface area is 111 Å². The maximum atomic E-state index is 9.47. The van der Waals surface area contributed by atoms with E-state index in [0.29, 0.717) is 0 Å². The Morgan fingerprint density at radius 1 is 1.25 bits per heavy atom. The number of alkyl halides is 3. The van der Waals surface area contributed by atoms with Crippen LogP contribution < -0.4 is 0 Å². The van der Waals surface area contributed by atoms with E-state index in [0.717, 1.165) is 12.0 Å². The van der Waals surface area contributed by atoms with Gasteiger partial charge < -0.3 is 5.11 Å². The highest BCUT2D eigenvalue weighted by molar-refractivity contribution is 6.68. The van der Waals surface area contributed by atoms with Crippen molar-refractivity contribution in [3.8, 4) is 0 Å². The highest BCUT2D eigenvalue weighted by atomic mass is 35.6. The molecule has 1 unspecified atom stereocenters. The Kier molecular flexibility index (Phi) is 5.13. The molecule has 1 aromatic carbocycles. The number of aliphatic hydroxyl groups excluding tert-OH is 1. The number of hydrogen-bond donors (Lipinski definition) is 1. The Morgan fingerprint density at radius 3 is 2.25 bits per heavy atom. The molecule has 0 bridgehead atoms. The maximum absolute atomic E-state index is 9.47. The fourth-order valence-electron chi connectivity index (χ4n) is 1.18. The molecule has 4 heteroatoms.